The van der Waals surface area contributed by atoms with Crippen LogP contribution in [0.1, 0.15) is 40.0 Å². The van der Waals surface area contributed by atoms with Crippen LogP contribution in [0.25, 0.3) is 0 Å². The Balaban J connectivity index is 1.60. The molecule has 4 heteroatoms. The number of hydrogen-bond acceptors (Lipinski definition) is 3. The van der Waals surface area contributed by atoms with Crippen LogP contribution in [0.5, 0.6) is 0 Å². The Kier molecular flexibility index (Phi) is 3.34. The molecule has 1 saturated carbocycles. The van der Waals surface area contributed by atoms with Gasteiger partial charge in [-0.15, -0.1) is 0 Å². The maximum atomic E-state index is 12.4. The summed E-state index contributed by atoms with van der Waals surface area (Å²) < 4.78 is 5.80. The second kappa shape index (κ2) is 4.74. The summed E-state index contributed by atoms with van der Waals surface area (Å²) >= 11 is 0. The van der Waals surface area contributed by atoms with E-state index in [2.05, 4.69) is 19.2 Å². The topological polar surface area (TPSA) is 41.6 Å². The summed E-state index contributed by atoms with van der Waals surface area (Å²) in [6.45, 7) is 9.28. The molecule has 2 aliphatic heterocycles. The maximum Gasteiger partial charge on any atom is 0.239 e. The van der Waals surface area contributed by atoms with Gasteiger partial charge in [0.25, 0.3) is 0 Å². The van der Waals surface area contributed by atoms with Gasteiger partial charge in [0.2, 0.25) is 5.91 Å². The molecule has 108 valence electrons. The first-order valence-corrected chi connectivity index (χ1v) is 7.68. The molecule has 3 rings (SSSR count). The Morgan fingerprint density at radius 2 is 2.05 bits per heavy atom. The molecule has 0 aromatic rings. The van der Waals surface area contributed by atoms with Gasteiger partial charge in [-0.3, -0.25) is 4.79 Å². The molecule has 4 unspecified atom stereocenters. The first kappa shape index (κ1) is 13.4. The van der Waals surface area contributed by atoms with Gasteiger partial charge in [0.15, 0.2) is 0 Å². The summed E-state index contributed by atoms with van der Waals surface area (Å²) in [5.74, 6) is 0.875. The summed E-state index contributed by atoms with van der Waals surface area (Å²) in [7, 11) is 0. The van der Waals surface area contributed by atoms with Crippen LogP contribution in [0.2, 0.25) is 0 Å². The third-order valence-corrected chi connectivity index (χ3v) is 5.32. The number of carbonyl (C=O) groups excluding carboxylic acids is 1. The lowest BCUT2D eigenvalue weighted by Gasteiger charge is -2.55. The predicted octanol–water partition coefficient (Wildman–Crippen LogP) is 1.40. The van der Waals surface area contributed by atoms with Crippen molar-refractivity contribution in [1.82, 2.24) is 10.2 Å². The van der Waals surface area contributed by atoms with Gasteiger partial charge in [0, 0.05) is 37.1 Å². The highest BCUT2D eigenvalue weighted by Gasteiger charge is 2.59. The van der Waals surface area contributed by atoms with Crippen molar-refractivity contribution < 1.29 is 9.53 Å². The van der Waals surface area contributed by atoms with Gasteiger partial charge in [-0.1, -0.05) is 13.8 Å². The van der Waals surface area contributed by atoms with Crippen molar-refractivity contribution in [1.29, 1.82) is 0 Å². The fraction of sp³-hybridized carbons (Fsp3) is 0.933. The van der Waals surface area contributed by atoms with E-state index in [0.717, 1.165) is 39.0 Å². The van der Waals surface area contributed by atoms with Gasteiger partial charge in [-0.05, 0) is 26.2 Å². The normalized spacial score (nSPS) is 37.8. The Morgan fingerprint density at radius 3 is 2.74 bits per heavy atom. The number of carbonyl (C=O) groups is 1. The minimum Gasteiger partial charge on any atom is -0.377 e. The van der Waals surface area contributed by atoms with Gasteiger partial charge in [0.05, 0.1) is 12.1 Å². The van der Waals surface area contributed by atoms with E-state index in [1.807, 2.05) is 11.8 Å². The molecule has 0 aromatic heterocycles. The van der Waals surface area contributed by atoms with Crippen LogP contribution in [-0.2, 0) is 9.53 Å². The van der Waals surface area contributed by atoms with Crippen LogP contribution in [0.3, 0.4) is 0 Å². The zero-order valence-corrected chi connectivity index (χ0v) is 12.3. The molecule has 0 spiro atoms. The molecule has 0 bridgehead atoms. The van der Waals surface area contributed by atoms with E-state index in [1.165, 1.54) is 0 Å². The summed E-state index contributed by atoms with van der Waals surface area (Å²) in [5.41, 5.74) is 0.153. The summed E-state index contributed by atoms with van der Waals surface area (Å²) in [4.78, 5) is 14.4. The highest BCUT2D eigenvalue weighted by atomic mass is 16.5. The highest BCUT2D eigenvalue weighted by molar-refractivity contribution is 5.81. The lowest BCUT2D eigenvalue weighted by Crippen LogP contribution is -2.68. The average Bonchev–Trinajstić information content (AvgIpc) is 3.04. The molecular weight excluding hydrogens is 240 g/mol. The van der Waals surface area contributed by atoms with Crippen LogP contribution in [0, 0.1) is 11.3 Å². The molecule has 4 atom stereocenters. The third-order valence-electron chi connectivity index (χ3n) is 5.32. The molecule has 0 radical (unpaired) electrons. The van der Waals surface area contributed by atoms with E-state index < -0.39 is 0 Å². The van der Waals surface area contributed by atoms with Crippen LogP contribution in [0.15, 0.2) is 0 Å². The van der Waals surface area contributed by atoms with Crippen molar-refractivity contribution in [3.05, 3.63) is 0 Å². The number of nitrogens with zero attached hydrogens (tertiary/aromatic N) is 1. The zero-order chi connectivity index (χ0) is 13.6. The van der Waals surface area contributed by atoms with Crippen molar-refractivity contribution in [3.63, 3.8) is 0 Å². The quantitative estimate of drug-likeness (QED) is 0.839. The van der Waals surface area contributed by atoms with Crippen molar-refractivity contribution in [3.8, 4) is 0 Å². The maximum absolute atomic E-state index is 12.4. The van der Waals surface area contributed by atoms with Crippen molar-refractivity contribution in [2.45, 2.75) is 58.2 Å². The molecule has 3 aliphatic rings. The molecule has 1 N–H and O–H groups in total. The molecule has 2 heterocycles. The van der Waals surface area contributed by atoms with E-state index in [1.54, 1.807) is 0 Å². The standard InChI is InChI=1S/C15H26N2O2/c1-10(14(18)17-7-4-5-8-17)16-12-11-6-9-19-13(11)15(12,2)3/h10-13,16H,4-9H2,1-3H3. The first-order chi connectivity index (χ1) is 9.01. The van der Waals surface area contributed by atoms with Gasteiger partial charge in [0.1, 0.15) is 0 Å². The Hall–Kier alpha value is -0.610. The number of fused-ring (bicyclic) bond motifs is 1. The molecule has 1 amide bonds. The van der Waals surface area contributed by atoms with Crippen LogP contribution >= 0.6 is 0 Å². The van der Waals surface area contributed by atoms with Gasteiger partial charge in [-0.2, -0.15) is 0 Å². The van der Waals surface area contributed by atoms with Crippen molar-refractivity contribution >= 4 is 5.91 Å². The van der Waals surface area contributed by atoms with Crippen LogP contribution < -0.4 is 5.32 Å². The van der Waals surface area contributed by atoms with Gasteiger partial charge in [-0.25, -0.2) is 0 Å². The molecule has 19 heavy (non-hydrogen) atoms. The minimum atomic E-state index is -0.0658. The van der Waals surface area contributed by atoms with Crippen molar-refractivity contribution in [2.75, 3.05) is 19.7 Å². The zero-order valence-electron chi connectivity index (χ0n) is 12.3. The summed E-state index contributed by atoms with van der Waals surface area (Å²) in [6, 6.07) is 0.352. The highest BCUT2D eigenvalue weighted by Crippen LogP contribution is 2.52. The monoisotopic (exact) mass is 266 g/mol. The fourth-order valence-electron chi connectivity index (χ4n) is 4.21. The number of amides is 1. The molecule has 2 saturated heterocycles. The minimum absolute atomic E-state index is 0.0658. The molecular formula is C15H26N2O2. The molecule has 4 nitrogen and oxygen atoms in total. The van der Waals surface area contributed by atoms with E-state index in [0.29, 0.717) is 18.1 Å². The number of likely N-dealkylation sites (tertiary alicyclic amines) is 1. The predicted molar refractivity (Wildman–Crippen MR) is 73.8 cm³/mol. The van der Waals surface area contributed by atoms with E-state index in [-0.39, 0.29) is 17.4 Å². The number of hydrogen-bond donors (Lipinski definition) is 1. The average molecular weight is 266 g/mol. The van der Waals surface area contributed by atoms with Gasteiger partial charge >= 0.3 is 0 Å². The second-order valence-electron chi connectivity index (χ2n) is 6.96. The summed E-state index contributed by atoms with van der Waals surface area (Å²) in [5, 5.41) is 3.58. The largest absolute Gasteiger partial charge is 0.377 e. The third kappa shape index (κ3) is 2.09. The number of nitrogens with one attached hydrogen (secondary N) is 1. The first-order valence-electron chi connectivity index (χ1n) is 7.68. The number of ether oxygens (including phenoxy) is 1. The molecule has 1 aliphatic carbocycles. The van der Waals surface area contributed by atoms with Crippen molar-refractivity contribution in [2.24, 2.45) is 11.3 Å². The lowest BCUT2D eigenvalue weighted by molar-refractivity contribution is -0.138. The Morgan fingerprint density at radius 1 is 1.37 bits per heavy atom. The van der Waals surface area contributed by atoms with E-state index in [9.17, 15) is 4.79 Å². The lowest BCUT2D eigenvalue weighted by atomic mass is 9.57. The molecule has 3 fully saturated rings. The van der Waals surface area contributed by atoms with E-state index in [4.69, 9.17) is 4.74 Å². The van der Waals surface area contributed by atoms with Crippen LogP contribution in [-0.4, -0.2) is 48.7 Å². The Labute approximate surface area is 115 Å². The SMILES string of the molecule is CC(NC1C2CCOC2C1(C)C)C(=O)N1CCCC1. The fourth-order valence-corrected chi connectivity index (χ4v) is 4.21. The van der Waals surface area contributed by atoms with Crippen LogP contribution in [0.4, 0.5) is 0 Å². The van der Waals surface area contributed by atoms with Gasteiger partial charge < -0.3 is 15.0 Å². The smallest absolute Gasteiger partial charge is 0.239 e. The Bertz CT molecular complexity index is 363. The van der Waals surface area contributed by atoms with E-state index >= 15 is 0 Å². The molecule has 0 aromatic carbocycles. The number of rotatable bonds is 3. The summed E-state index contributed by atoms with van der Waals surface area (Å²) in [6.07, 6.45) is 3.84. The second-order valence-corrected chi connectivity index (χ2v) is 6.96.